The van der Waals surface area contributed by atoms with Gasteiger partial charge in [-0.05, 0) is 36.4 Å². The van der Waals surface area contributed by atoms with E-state index in [-0.39, 0.29) is 15.5 Å². The summed E-state index contributed by atoms with van der Waals surface area (Å²) < 4.78 is 81.1. The molecule has 0 aliphatic carbocycles. The predicted molar refractivity (Wildman–Crippen MR) is 173 cm³/mol. The average molecular weight is 1370 g/mol. The molecule has 0 aliphatic heterocycles. The SMILES string of the molecule is I[I-]I.O=C(O)c1cc(Br)ccc1Cl.O=C(O)c1cc(OCC(F)(F)F)ccc1OCC(F)(F)F.[I][V]([I])[I]. The number of carbonyl (C=O) groups is 2. The fourth-order valence-corrected chi connectivity index (χ4v) is 2.44. The topological polar surface area (TPSA) is 93.1 Å². The molecule has 2 N–H and O–H groups in total. The van der Waals surface area contributed by atoms with Crippen LogP contribution < -0.4 is 22.7 Å². The molecule has 0 fully saturated rings. The molecule has 0 saturated carbocycles. The number of rotatable bonds is 6. The van der Waals surface area contributed by atoms with Gasteiger partial charge in [0.25, 0.3) is 0 Å². The van der Waals surface area contributed by atoms with E-state index in [4.69, 9.17) is 21.8 Å². The third-order valence-electron chi connectivity index (χ3n) is 3.13. The number of hydrogen-bond acceptors (Lipinski definition) is 4. The van der Waals surface area contributed by atoms with Crippen molar-refractivity contribution in [1.29, 1.82) is 0 Å². The Hall–Kier alpha value is 2.29. The minimum atomic E-state index is -4.68. The van der Waals surface area contributed by atoms with E-state index in [1.54, 1.807) is 6.07 Å². The monoisotopic (exact) mass is 1360 g/mol. The van der Waals surface area contributed by atoms with Crippen LogP contribution in [0.3, 0.4) is 0 Å². The average Bonchev–Trinajstić information content (AvgIpc) is 2.77. The van der Waals surface area contributed by atoms with Gasteiger partial charge in [-0.1, -0.05) is 27.5 Å². The van der Waals surface area contributed by atoms with Gasteiger partial charge < -0.3 is 19.7 Å². The first-order chi connectivity index (χ1) is 17.7. The number of alkyl halides is 6. The van der Waals surface area contributed by atoms with E-state index >= 15 is 0 Å². The van der Waals surface area contributed by atoms with Crippen LogP contribution in [-0.2, 0) is 4.92 Å². The van der Waals surface area contributed by atoms with Crippen molar-refractivity contribution in [2.75, 3.05) is 13.2 Å². The van der Waals surface area contributed by atoms with Crippen LogP contribution >= 0.6 is 125 Å². The molecule has 6 nitrogen and oxygen atoms in total. The van der Waals surface area contributed by atoms with E-state index in [2.05, 4.69) is 123 Å². The second kappa shape index (κ2) is 22.8. The van der Waals surface area contributed by atoms with Crippen molar-refractivity contribution in [2.24, 2.45) is 0 Å². The van der Waals surface area contributed by atoms with E-state index in [0.717, 1.165) is 12.1 Å². The standard InChI is InChI=1S/C11H8F6O4.C7H4BrClO2.I3.3HI.V/c12-10(13,14)4-20-6-1-2-8(7(3-6)9(18)19)21-5-11(15,16)17;8-4-1-2-6(9)5(3-4)7(10)11;1-3-2;;;;/h1-3H,4-5H2,(H,18,19);1-3H,(H,10,11);;3*1H;/q;;-1;;;;+3/p-3. The Labute approximate surface area is 299 Å². The molecule has 224 valence electrons. The summed E-state index contributed by atoms with van der Waals surface area (Å²) in [6.45, 7) is -3.38. The third-order valence-corrected chi connectivity index (χ3v) is 3.96. The summed E-state index contributed by atoms with van der Waals surface area (Å²) >= 11 is 21.4. The van der Waals surface area contributed by atoms with E-state index in [1.165, 1.54) is 12.1 Å². The fourth-order valence-electron chi connectivity index (χ4n) is 1.88. The number of carboxylic acid groups (broad SMARTS) is 2. The zero-order valence-corrected chi connectivity index (χ0v) is 34.8. The van der Waals surface area contributed by atoms with E-state index in [9.17, 15) is 35.9 Å². The molecule has 2 aromatic rings. The van der Waals surface area contributed by atoms with Gasteiger partial charge in [0.1, 0.15) is 17.1 Å². The predicted octanol–water partition coefficient (Wildman–Crippen LogP) is 7.50. The Kier molecular flexibility index (Phi) is 25.3. The van der Waals surface area contributed by atoms with Crippen molar-refractivity contribution >= 4 is 137 Å². The van der Waals surface area contributed by atoms with Crippen LogP contribution in [-0.4, -0.2) is 47.7 Å². The Balaban J connectivity index is 0. The normalized spacial score (nSPS) is 10.7. The van der Waals surface area contributed by atoms with Gasteiger partial charge >= 0.3 is 140 Å². The van der Waals surface area contributed by atoms with Crippen LogP contribution in [0.2, 0.25) is 5.02 Å². The zero-order valence-electron chi connectivity index (χ0n) is 18.1. The van der Waals surface area contributed by atoms with Crippen molar-refractivity contribution in [1.82, 2.24) is 0 Å². The molecule has 0 spiro atoms. The first kappa shape index (κ1) is 43.4. The minimum absolute atomic E-state index is 0.112. The van der Waals surface area contributed by atoms with Crippen LogP contribution in [0, 0.1) is 0 Å². The molecule has 0 unspecified atom stereocenters. The van der Waals surface area contributed by atoms with Gasteiger partial charge in [0.05, 0.1) is 10.6 Å². The maximum atomic E-state index is 12.0. The number of aromatic carboxylic acids is 2. The van der Waals surface area contributed by atoms with Crippen molar-refractivity contribution in [3.05, 3.63) is 57.0 Å². The molecular formula is C18H12BrClF6I6O6V-. The molecule has 0 amide bonds. The molecule has 0 bridgehead atoms. The van der Waals surface area contributed by atoms with Crippen molar-refractivity contribution in [2.45, 2.75) is 12.4 Å². The quantitative estimate of drug-likeness (QED) is 0.230. The van der Waals surface area contributed by atoms with Gasteiger partial charge in [0.2, 0.25) is 0 Å². The summed E-state index contributed by atoms with van der Waals surface area (Å²) in [5, 5.41) is 17.6. The van der Waals surface area contributed by atoms with Gasteiger partial charge in [-0.25, -0.2) is 9.59 Å². The summed E-state index contributed by atoms with van der Waals surface area (Å²) in [5.41, 5.74) is -0.625. The molecule has 2 aromatic carbocycles. The maximum absolute atomic E-state index is 12.0. The van der Waals surface area contributed by atoms with Crippen molar-refractivity contribution < 1.29 is 73.8 Å². The zero-order chi connectivity index (χ0) is 31.0. The number of benzene rings is 2. The van der Waals surface area contributed by atoms with Crippen LogP contribution in [0.15, 0.2) is 40.9 Å². The van der Waals surface area contributed by atoms with Crippen LogP contribution in [0.25, 0.3) is 0 Å². The fraction of sp³-hybridized carbons (Fsp3) is 0.222. The number of ether oxygens (including phenoxy) is 2. The molecular weight excluding hydrogens is 1350 g/mol. The van der Waals surface area contributed by atoms with Gasteiger partial charge in [-0.3, -0.25) is 0 Å². The van der Waals surface area contributed by atoms with Crippen LogP contribution in [0.4, 0.5) is 26.3 Å². The van der Waals surface area contributed by atoms with Gasteiger partial charge in [-0.2, -0.15) is 26.3 Å². The second-order valence-corrected chi connectivity index (χ2v) is 58.9. The molecule has 2 rings (SSSR count). The Bertz CT molecular complexity index is 1050. The second-order valence-electron chi connectivity index (χ2n) is 5.95. The molecule has 0 saturated heterocycles. The molecule has 0 radical (unpaired) electrons. The van der Waals surface area contributed by atoms with E-state index < -0.39 is 54.6 Å². The molecule has 0 aromatic heterocycles. The van der Waals surface area contributed by atoms with Crippen molar-refractivity contribution in [3.63, 3.8) is 0 Å². The van der Waals surface area contributed by atoms with Crippen LogP contribution in [0.5, 0.6) is 11.5 Å². The molecule has 39 heavy (non-hydrogen) atoms. The van der Waals surface area contributed by atoms with E-state index in [0.29, 0.717) is 23.8 Å². The van der Waals surface area contributed by atoms with E-state index in [1.807, 2.05) is 0 Å². The van der Waals surface area contributed by atoms with Gasteiger partial charge in [0.15, 0.2) is 13.2 Å². The first-order valence-corrected chi connectivity index (χ1v) is 36.1. The van der Waals surface area contributed by atoms with Gasteiger partial charge in [-0.15, -0.1) is 0 Å². The number of hydrogen-bond donors (Lipinski definition) is 2. The molecule has 0 atom stereocenters. The molecule has 0 aliphatic rings. The Morgan fingerprint density at radius 1 is 0.872 bits per heavy atom. The molecule has 0 heterocycles. The van der Waals surface area contributed by atoms with Crippen LogP contribution in [0.1, 0.15) is 20.7 Å². The summed E-state index contributed by atoms with van der Waals surface area (Å²) in [4.78, 5) is 21.1. The Morgan fingerprint density at radius 3 is 1.69 bits per heavy atom. The first-order valence-electron chi connectivity index (χ1n) is 8.83. The third kappa shape index (κ3) is 25.3. The molecule has 21 heteroatoms. The number of carboxylic acids is 2. The summed E-state index contributed by atoms with van der Waals surface area (Å²) in [5.74, 6) is -3.76. The summed E-state index contributed by atoms with van der Waals surface area (Å²) in [6.07, 6.45) is -9.31. The van der Waals surface area contributed by atoms with Gasteiger partial charge in [0, 0.05) is 4.47 Å². The number of halogens is 14. The summed E-state index contributed by atoms with van der Waals surface area (Å²) in [7, 11) is 0. The van der Waals surface area contributed by atoms with Crippen molar-refractivity contribution in [3.8, 4) is 11.5 Å². The summed E-state index contributed by atoms with van der Waals surface area (Å²) in [6, 6.07) is 7.01. The Morgan fingerprint density at radius 2 is 1.31 bits per heavy atom.